The average molecular weight is 469 g/mol. The Hall–Kier alpha value is -3.19. The number of halogens is 2. The molecule has 2 amide bonds. The van der Waals surface area contributed by atoms with Gasteiger partial charge >= 0.3 is 0 Å². The second-order valence-corrected chi connectivity index (χ2v) is 7.81. The molecule has 5 nitrogen and oxygen atoms in total. The first-order valence-corrected chi connectivity index (χ1v) is 10.1. The normalized spacial score (nSPS) is 15.8. The Bertz CT molecular complexity index is 1120. The van der Waals surface area contributed by atoms with E-state index in [-0.39, 0.29) is 24.2 Å². The third-order valence-electron chi connectivity index (χ3n) is 4.97. The maximum Gasteiger partial charge on any atom is 0.255 e. The van der Waals surface area contributed by atoms with Gasteiger partial charge in [0.25, 0.3) is 5.91 Å². The summed E-state index contributed by atoms with van der Waals surface area (Å²) in [5, 5.41) is 2.87. The molecule has 0 bridgehead atoms. The number of anilines is 1. The summed E-state index contributed by atoms with van der Waals surface area (Å²) >= 11 is 3.47. The minimum atomic E-state index is -0.587. The number of ether oxygens (including phenoxy) is 1. The molecule has 1 atom stereocenters. The van der Waals surface area contributed by atoms with Gasteiger partial charge in [-0.25, -0.2) is 4.39 Å². The summed E-state index contributed by atoms with van der Waals surface area (Å²) in [7, 11) is 1.53. The van der Waals surface area contributed by atoms with Gasteiger partial charge in [0.2, 0.25) is 5.91 Å². The van der Waals surface area contributed by atoms with Crippen LogP contribution in [0.2, 0.25) is 0 Å². The van der Waals surface area contributed by atoms with E-state index in [0.717, 1.165) is 10.0 Å². The van der Waals surface area contributed by atoms with Crippen molar-refractivity contribution in [3.63, 3.8) is 0 Å². The molecule has 1 aliphatic rings. The lowest BCUT2D eigenvalue weighted by atomic mass is 9.95. The molecule has 0 saturated heterocycles. The number of nitrogens with one attached hydrogen (secondary N) is 1. The molecule has 1 heterocycles. The molecular formula is C23H18BrFN2O3. The maximum atomic E-state index is 13.6. The highest BCUT2D eigenvalue weighted by Crippen LogP contribution is 2.38. The molecule has 0 spiro atoms. The Morgan fingerprint density at radius 3 is 2.63 bits per heavy atom. The van der Waals surface area contributed by atoms with Gasteiger partial charge in [-0.15, -0.1) is 0 Å². The smallest absolute Gasteiger partial charge is 0.255 e. The summed E-state index contributed by atoms with van der Waals surface area (Å²) in [6, 6.07) is 17.6. The van der Waals surface area contributed by atoms with Gasteiger partial charge in [0.1, 0.15) is 18.1 Å². The summed E-state index contributed by atoms with van der Waals surface area (Å²) < 4.78 is 19.6. The van der Waals surface area contributed by atoms with Crippen LogP contribution in [0.25, 0.3) is 0 Å². The van der Waals surface area contributed by atoms with Crippen molar-refractivity contribution < 1.29 is 18.7 Å². The molecule has 30 heavy (non-hydrogen) atoms. The number of methoxy groups -OCH3 is 1. The third-order valence-corrected chi connectivity index (χ3v) is 5.46. The number of nitrogens with zero attached hydrogens (tertiary/aromatic N) is 1. The fourth-order valence-corrected chi connectivity index (χ4v) is 3.97. The van der Waals surface area contributed by atoms with Crippen LogP contribution in [0.15, 0.2) is 71.2 Å². The minimum Gasteiger partial charge on any atom is -0.497 e. The number of amides is 2. The molecule has 0 aliphatic carbocycles. The van der Waals surface area contributed by atoms with E-state index in [4.69, 9.17) is 4.74 Å². The minimum absolute atomic E-state index is 0.148. The van der Waals surface area contributed by atoms with Gasteiger partial charge in [-0.05, 0) is 54.1 Å². The van der Waals surface area contributed by atoms with E-state index in [0.29, 0.717) is 22.6 Å². The molecule has 3 aromatic rings. The SMILES string of the molecule is COc1cccc(C(=O)N2CC(=O)Nc3ccc(Br)cc3C2c2ccc(F)cc2)c1. The molecule has 1 aliphatic heterocycles. The van der Waals surface area contributed by atoms with Crippen molar-refractivity contribution in [1.29, 1.82) is 0 Å². The van der Waals surface area contributed by atoms with E-state index in [1.165, 1.54) is 24.1 Å². The van der Waals surface area contributed by atoms with Crippen molar-refractivity contribution in [3.05, 3.63) is 93.7 Å². The van der Waals surface area contributed by atoms with E-state index in [9.17, 15) is 14.0 Å². The highest BCUT2D eigenvalue weighted by molar-refractivity contribution is 9.10. The van der Waals surface area contributed by atoms with Crippen molar-refractivity contribution in [2.24, 2.45) is 0 Å². The lowest BCUT2D eigenvalue weighted by Gasteiger charge is -2.31. The number of carbonyl (C=O) groups excluding carboxylic acids is 2. The number of benzene rings is 3. The van der Waals surface area contributed by atoms with Crippen molar-refractivity contribution in [2.45, 2.75) is 6.04 Å². The molecule has 0 saturated carbocycles. The quantitative estimate of drug-likeness (QED) is 0.601. The van der Waals surface area contributed by atoms with Crippen molar-refractivity contribution >= 4 is 33.4 Å². The van der Waals surface area contributed by atoms with Crippen molar-refractivity contribution in [1.82, 2.24) is 4.90 Å². The topological polar surface area (TPSA) is 58.6 Å². The van der Waals surface area contributed by atoms with E-state index < -0.39 is 6.04 Å². The molecule has 4 rings (SSSR count). The summed E-state index contributed by atoms with van der Waals surface area (Å²) in [5.74, 6) is -0.464. The fraction of sp³-hybridized carbons (Fsp3) is 0.130. The summed E-state index contributed by atoms with van der Waals surface area (Å²) in [4.78, 5) is 27.6. The zero-order chi connectivity index (χ0) is 21.3. The summed E-state index contributed by atoms with van der Waals surface area (Å²) in [6.45, 7) is -0.148. The van der Waals surface area contributed by atoms with E-state index in [1.54, 1.807) is 42.5 Å². The number of carbonyl (C=O) groups is 2. The lowest BCUT2D eigenvalue weighted by Crippen LogP contribution is -2.39. The number of rotatable bonds is 3. The Balaban J connectivity index is 1.88. The van der Waals surface area contributed by atoms with Crippen LogP contribution in [-0.4, -0.2) is 30.4 Å². The van der Waals surface area contributed by atoms with Crippen LogP contribution >= 0.6 is 15.9 Å². The van der Waals surface area contributed by atoms with Crippen LogP contribution in [0, 0.1) is 5.82 Å². The second-order valence-electron chi connectivity index (χ2n) is 6.90. The number of hydrogen-bond donors (Lipinski definition) is 1. The predicted octanol–water partition coefficient (Wildman–Crippen LogP) is 4.78. The highest BCUT2D eigenvalue weighted by atomic mass is 79.9. The molecule has 3 aromatic carbocycles. The second kappa shape index (κ2) is 8.28. The van der Waals surface area contributed by atoms with Crippen LogP contribution in [0.3, 0.4) is 0 Å². The van der Waals surface area contributed by atoms with Crippen LogP contribution in [0.1, 0.15) is 27.5 Å². The monoisotopic (exact) mass is 468 g/mol. The van der Waals surface area contributed by atoms with Crippen molar-refractivity contribution in [3.8, 4) is 5.75 Å². The molecular weight excluding hydrogens is 451 g/mol. The average Bonchev–Trinajstić information content (AvgIpc) is 2.89. The van der Waals surface area contributed by atoms with Gasteiger partial charge in [0.15, 0.2) is 0 Å². The van der Waals surface area contributed by atoms with Crippen LogP contribution in [-0.2, 0) is 4.79 Å². The van der Waals surface area contributed by atoms with Gasteiger partial charge in [-0.1, -0.05) is 34.1 Å². The van der Waals surface area contributed by atoms with E-state index in [2.05, 4.69) is 21.2 Å². The lowest BCUT2D eigenvalue weighted by molar-refractivity contribution is -0.117. The molecule has 0 fully saturated rings. The molecule has 0 radical (unpaired) electrons. The molecule has 1 unspecified atom stereocenters. The van der Waals surface area contributed by atoms with E-state index in [1.807, 2.05) is 12.1 Å². The van der Waals surface area contributed by atoms with Crippen LogP contribution in [0.5, 0.6) is 5.75 Å². The zero-order valence-electron chi connectivity index (χ0n) is 16.1. The van der Waals surface area contributed by atoms with Gasteiger partial charge in [-0.3, -0.25) is 9.59 Å². The summed E-state index contributed by atoms with van der Waals surface area (Å²) in [5.41, 5.74) is 2.44. The zero-order valence-corrected chi connectivity index (χ0v) is 17.6. The van der Waals surface area contributed by atoms with Gasteiger partial charge in [0.05, 0.1) is 13.2 Å². The molecule has 152 valence electrons. The Kier molecular flexibility index (Phi) is 5.55. The Morgan fingerprint density at radius 1 is 1.13 bits per heavy atom. The first-order chi connectivity index (χ1) is 14.5. The molecule has 1 N–H and O–H groups in total. The predicted molar refractivity (Wildman–Crippen MR) is 115 cm³/mol. The standard InChI is InChI=1S/C23H18BrFN2O3/c1-30-18-4-2-3-15(11-18)23(29)27-13-21(28)26-20-10-7-16(24)12-19(20)22(27)14-5-8-17(25)9-6-14/h2-12,22H,13H2,1H3,(H,26,28). The van der Waals surface area contributed by atoms with Gasteiger partial charge < -0.3 is 15.0 Å². The number of hydrogen-bond acceptors (Lipinski definition) is 3. The van der Waals surface area contributed by atoms with Crippen LogP contribution < -0.4 is 10.1 Å². The van der Waals surface area contributed by atoms with Crippen LogP contribution in [0.4, 0.5) is 10.1 Å². The number of fused-ring (bicyclic) bond motifs is 1. The Morgan fingerprint density at radius 2 is 1.90 bits per heavy atom. The van der Waals surface area contributed by atoms with E-state index >= 15 is 0 Å². The fourth-order valence-electron chi connectivity index (χ4n) is 3.59. The Labute approximate surface area is 181 Å². The van der Waals surface area contributed by atoms with Gasteiger partial charge in [-0.2, -0.15) is 0 Å². The first-order valence-electron chi connectivity index (χ1n) is 9.26. The first kappa shape index (κ1) is 20.1. The largest absolute Gasteiger partial charge is 0.497 e. The van der Waals surface area contributed by atoms with Crippen molar-refractivity contribution in [2.75, 3.05) is 19.0 Å². The molecule has 7 heteroatoms. The molecule has 0 aromatic heterocycles. The maximum absolute atomic E-state index is 13.6. The van der Waals surface area contributed by atoms with Gasteiger partial charge in [0, 0.05) is 21.3 Å². The highest BCUT2D eigenvalue weighted by Gasteiger charge is 2.34. The third kappa shape index (κ3) is 3.93. The summed E-state index contributed by atoms with van der Waals surface area (Å²) in [6.07, 6.45) is 0.